The average molecular weight is 529 g/mol. The van der Waals surface area contributed by atoms with E-state index in [4.69, 9.17) is 24.7 Å². The number of ether oxygens (including phenoxy) is 4. The molecule has 2 saturated heterocycles. The Morgan fingerprint density at radius 1 is 0.868 bits per heavy atom. The van der Waals surface area contributed by atoms with Crippen LogP contribution in [0.2, 0.25) is 0 Å². The predicted molar refractivity (Wildman–Crippen MR) is 145 cm³/mol. The van der Waals surface area contributed by atoms with E-state index in [9.17, 15) is 10.2 Å². The Morgan fingerprint density at radius 2 is 1.47 bits per heavy atom. The summed E-state index contributed by atoms with van der Waals surface area (Å²) in [5, 5.41) is 22.2. The van der Waals surface area contributed by atoms with Gasteiger partial charge in [-0.25, -0.2) is 0 Å². The molecule has 0 amide bonds. The average Bonchev–Trinajstić information content (AvgIpc) is 2.96. The summed E-state index contributed by atoms with van der Waals surface area (Å²) < 4.78 is 23.9. The summed E-state index contributed by atoms with van der Waals surface area (Å²) in [5.41, 5.74) is 7.74. The smallest absolute Gasteiger partial charge is 0.184 e. The molecule has 0 aromatic heterocycles. The van der Waals surface area contributed by atoms with E-state index in [-0.39, 0.29) is 18.1 Å². The highest BCUT2D eigenvalue weighted by Crippen LogP contribution is 2.30. The fourth-order valence-electron chi connectivity index (χ4n) is 5.27. The van der Waals surface area contributed by atoms with Crippen LogP contribution in [0.25, 0.3) is 0 Å². The Hall–Kier alpha value is -1.88. The molecule has 3 unspecified atom stereocenters. The van der Waals surface area contributed by atoms with Crippen molar-refractivity contribution in [1.82, 2.24) is 4.90 Å². The molecular weight excluding hydrogens is 484 g/mol. The van der Waals surface area contributed by atoms with Crippen molar-refractivity contribution in [3.63, 3.8) is 0 Å². The lowest BCUT2D eigenvalue weighted by atomic mass is 9.96. The standard InChI is InChI=1S/C30H44N2O6/c1-22(28(34)27-14-18-36-30(38-27)24-11-6-3-7-12-24)20-32(16-8-15-31)21-25(33)19-26-13-17-35-29(37-26)23-9-4-2-5-10-23/h2-7,9-12,22,25-30,33-34H,8,13-21,31H2,1H3/t22?,25-,26-,27-,28-,29?,30?/m1/s1. The quantitative estimate of drug-likeness (QED) is 0.363. The number of aliphatic hydroxyl groups is 2. The highest BCUT2D eigenvalue weighted by Gasteiger charge is 2.33. The van der Waals surface area contributed by atoms with Crippen LogP contribution < -0.4 is 5.73 Å². The summed E-state index contributed by atoms with van der Waals surface area (Å²) in [7, 11) is 0. The van der Waals surface area contributed by atoms with Crippen molar-refractivity contribution in [2.45, 2.75) is 69.6 Å². The van der Waals surface area contributed by atoms with Gasteiger partial charge in [-0.2, -0.15) is 0 Å². The van der Waals surface area contributed by atoms with Crippen molar-refractivity contribution in [2.24, 2.45) is 11.7 Å². The molecule has 4 N–H and O–H groups in total. The molecule has 8 nitrogen and oxygen atoms in total. The molecule has 210 valence electrons. The Balaban J connectivity index is 1.28. The van der Waals surface area contributed by atoms with Crippen molar-refractivity contribution in [2.75, 3.05) is 39.4 Å². The Morgan fingerprint density at radius 3 is 2.11 bits per heavy atom. The van der Waals surface area contributed by atoms with Crippen molar-refractivity contribution < 1.29 is 29.2 Å². The van der Waals surface area contributed by atoms with E-state index in [0.717, 1.165) is 30.5 Å². The topological polar surface area (TPSA) is 107 Å². The van der Waals surface area contributed by atoms with Gasteiger partial charge in [-0.15, -0.1) is 0 Å². The SMILES string of the molecule is CC(CN(CCCN)C[C@H](O)C[C@H]1CCOC(c2ccccc2)O1)[C@@H](O)[C@H]1CCOC(c2ccccc2)O1. The normalized spacial score (nSPS) is 26.7. The van der Waals surface area contributed by atoms with Gasteiger partial charge in [0.2, 0.25) is 0 Å². The lowest BCUT2D eigenvalue weighted by molar-refractivity contribution is -0.242. The molecule has 0 spiro atoms. The minimum absolute atomic E-state index is 0.0544. The fraction of sp³-hybridized carbons (Fsp3) is 0.600. The van der Waals surface area contributed by atoms with Crippen LogP contribution in [0.4, 0.5) is 0 Å². The van der Waals surface area contributed by atoms with Crippen LogP contribution in [-0.2, 0) is 18.9 Å². The lowest BCUT2D eigenvalue weighted by Gasteiger charge is -2.37. The minimum Gasteiger partial charge on any atom is -0.392 e. The van der Waals surface area contributed by atoms with E-state index in [0.29, 0.717) is 45.7 Å². The van der Waals surface area contributed by atoms with Gasteiger partial charge in [-0.05, 0) is 38.3 Å². The molecular formula is C30H44N2O6. The summed E-state index contributed by atoms with van der Waals surface area (Å²) in [6, 6.07) is 19.7. The van der Waals surface area contributed by atoms with Crippen molar-refractivity contribution >= 4 is 0 Å². The Kier molecular flexibility index (Phi) is 11.5. The molecule has 4 rings (SSSR count). The second kappa shape index (κ2) is 15.1. The van der Waals surface area contributed by atoms with Crippen molar-refractivity contribution in [1.29, 1.82) is 0 Å². The summed E-state index contributed by atoms with van der Waals surface area (Å²) >= 11 is 0. The highest BCUT2D eigenvalue weighted by molar-refractivity contribution is 5.17. The van der Waals surface area contributed by atoms with Gasteiger partial charge >= 0.3 is 0 Å². The zero-order chi connectivity index (χ0) is 26.7. The molecule has 38 heavy (non-hydrogen) atoms. The number of nitrogens with two attached hydrogens (primary N) is 1. The molecule has 2 heterocycles. The maximum absolute atomic E-state index is 11.2. The number of nitrogens with zero attached hydrogens (tertiary/aromatic N) is 1. The van der Waals surface area contributed by atoms with E-state index < -0.39 is 24.8 Å². The second-order valence-corrected chi connectivity index (χ2v) is 10.5. The van der Waals surface area contributed by atoms with E-state index in [1.165, 1.54) is 0 Å². The molecule has 0 bridgehead atoms. The van der Waals surface area contributed by atoms with Gasteiger partial charge in [0.25, 0.3) is 0 Å². The third kappa shape index (κ3) is 8.56. The van der Waals surface area contributed by atoms with Crippen LogP contribution in [0.3, 0.4) is 0 Å². The van der Waals surface area contributed by atoms with Gasteiger partial charge in [-0.1, -0.05) is 67.6 Å². The first-order chi connectivity index (χ1) is 18.5. The molecule has 2 aliphatic rings. The first-order valence-electron chi connectivity index (χ1n) is 14.0. The number of aliphatic hydroxyl groups excluding tert-OH is 2. The second-order valence-electron chi connectivity index (χ2n) is 10.5. The molecule has 0 saturated carbocycles. The summed E-state index contributed by atoms with van der Waals surface area (Å²) in [5.74, 6) is -0.0544. The largest absolute Gasteiger partial charge is 0.392 e. The van der Waals surface area contributed by atoms with E-state index in [2.05, 4.69) is 4.90 Å². The highest BCUT2D eigenvalue weighted by atomic mass is 16.7. The number of hydrogen-bond donors (Lipinski definition) is 3. The molecule has 0 radical (unpaired) electrons. The van der Waals surface area contributed by atoms with Crippen LogP contribution in [0.1, 0.15) is 56.3 Å². The molecule has 2 aromatic carbocycles. The van der Waals surface area contributed by atoms with Gasteiger partial charge in [-0.3, -0.25) is 0 Å². The summed E-state index contributed by atoms with van der Waals surface area (Å²) in [6.07, 6.45) is 0.298. The minimum atomic E-state index is -0.645. The van der Waals surface area contributed by atoms with Crippen LogP contribution in [0.5, 0.6) is 0 Å². The summed E-state index contributed by atoms with van der Waals surface area (Å²) in [6.45, 7) is 5.64. The molecule has 2 aromatic rings. The van der Waals surface area contributed by atoms with Crippen molar-refractivity contribution in [3.05, 3.63) is 71.8 Å². The molecule has 2 aliphatic heterocycles. The first-order valence-corrected chi connectivity index (χ1v) is 14.0. The van der Waals surface area contributed by atoms with Gasteiger partial charge < -0.3 is 39.8 Å². The third-order valence-corrected chi connectivity index (χ3v) is 7.33. The van der Waals surface area contributed by atoms with Gasteiger partial charge in [0.15, 0.2) is 12.6 Å². The van der Waals surface area contributed by atoms with Crippen molar-refractivity contribution in [3.8, 4) is 0 Å². The zero-order valence-corrected chi connectivity index (χ0v) is 22.4. The maximum atomic E-state index is 11.2. The van der Waals surface area contributed by atoms with Crippen LogP contribution in [-0.4, -0.2) is 78.9 Å². The van der Waals surface area contributed by atoms with Gasteiger partial charge in [0.1, 0.15) is 0 Å². The molecule has 2 fully saturated rings. The van der Waals surface area contributed by atoms with E-state index in [1.807, 2.05) is 67.6 Å². The summed E-state index contributed by atoms with van der Waals surface area (Å²) in [4.78, 5) is 2.20. The van der Waals surface area contributed by atoms with Crippen LogP contribution in [0.15, 0.2) is 60.7 Å². The number of benzene rings is 2. The monoisotopic (exact) mass is 528 g/mol. The van der Waals surface area contributed by atoms with Crippen LogP contribution >= 0.6 is 0 Å². The molecule has 8 heteroatoms. The number of hydrogen-bond acceptors (Lipinski definition) is 8. The van der Waals surface area contributed by atoms with Crippen LogP contribution in [0, 0.1) is 5.92 Å². The Bertz CT molecular complexity index is 919. The molecule has 7 atom stereocenters. The third-order valence-electron chi connectivity index (χ3n) is 7.33. The predicted octanol–water partition coefficient (Wildman–Crippen LogP) is 3.39. The maximum Gasteiger partial charge on any atom is 0.184 e. The Labute approximate surface area is 226 Å². The zero-order valence-electron chi connectivity index (χ0n) is 22.4. The number of rotatable bonds is 13. The lowest BCUT2D eigenvalue weighted by Crippen LogP contribution is -2.45. The van der Waals surface area contributed by atoms with Gasteiger partial charge in [0, 0.05) is 30.6 Å². The molecule has 0 aliphatic carbocycles. The first kappa shape index (κ1) is 29.1. The fourth-order valence-corrected chi connectivity index (χ4v) is 5.27. The van der Waals surface area contributed by atoms with E-state index >= 15 is 0 Å². The van der Waals surface area contributed by atoms with E-state index in [1.54, 1.807) is 0 Å². The van der Waals surface area contributed by atoms with Gasteiger partial charge in [0.05, 0.1) is 37.6 Å².